The highest BCUT2D eigenvalue weighted by molar-refractivity contribution is 5.94. The Morgan fingerprint density at radius 2 is 2.07 bits per heavy atom. The second kappa shape index (κ2) is 6.52. The van der Waals surface area contributed by atoms with E-state index in [1.54, 1.807) is 0 Å². The maximum Gasteiger partial charge on any atom is 0.254 e. The maximum atomic E-state index is 13.9. The van der Waals surface area contributed by atoms with Crippen LogP contribution in [0, 0.1) is 23.5 Å². The molecule has 0 aromatic heterocycles. The molecule has 1 amide bonds. The van der Waals surface area contributed by atoms with Gasteiger partial charge in [-0.05, 0) is 37.8 Å². The number of ether oxygens (including phenoxy) is 1. The van der Waals surface area contributed by atoms with E-state index in [1.807, 2.05) is 0 Å². The van der Waals surface area contributed by atoms with Gasteiger partial charge in [-0.15, -0.1) is 0 Å². The minimum Gasteiger partial charge on any atom is -0.370 e. The van der Waals surface area contributed by atoms with E-state index >= 15 is 0 Å². The van der Waals surface area contributed by atoms with E-state index in [2.05, 4.69) is 10.2 Å². The van der Waals surface area contributed by atoms with E-state index in [-0.39, 0.29) is 23.2 Å². The van der Waals surface area contributed by atoms with Crippen molar-refractivity contribution < 1.29 is 18.3 Å². The summed E-state index contributed by atoms with van der Waals surface area (Å²) >= 11 is 0. The lowest BCUT2D eigenvalue weighted by atomic mass is 9.73. The zero-order chi connectivity index (χ0) is 18.6. The predicted octanol–water partition coefficient (Wildman–Crippen LogP) is 3.12. The van der Waals surface area contributed by atoms with Crippen LogP contribution in [0.3, 0.4) is 0 Å². The average molecular weight is 376 g/mol. The lowest BCUT2D eigenvalue weighted by Gasteiger charge is -2.29. The second-order valence-electron chi connectivity index (χ2n) is 8.73. The van der Waals surface area contributed by atoms with Crippen molar-refractivity contribution in [3.8, 4) is 0 Å². The number of rotatable bonds is 4. The van der Waals surface area contributed by atoms with Crippen molar-refractivity contribution in [2.75, 3.05) is 19.6 Å². The van der Waals surface area contributed by atoms with Crippen LogP contribution in [0.5, 0.6) is 0 Å². The normalized spacial score (nSPS) is 35.7. The van der Waals surface area contributed by atoms with Crippen LogP contribution in [0.2, 0.25) is 0 Å². The molecule has 0 radical (unpaired) electrons. The first-order valence-corrected chi connectivity index (χ1v) is 10.2. The van der Waals surface area contributed by atoms with Crippen molar-refractivity contribution in [3.63, 3.8) is 0 Å². The maximum absolute atomic E-state index is 13.9. The molecule has 4 atom stereocenters. The lowest BCUT2D eigenvalue weighted by Crippen LogP contribution is -2.42. The Bertz CT molecular complexity index is 752. The molecule has 146 valence electrons. The molecule has 1 N–H and O–H groups in total. The molecule has 4 nitrogen and oxygen atoms in total. The van der Waals surface area contributed by atoms with Gasteiger partial charge in [0.05, 0.1) is 17.3 Å². The number of carbonyl (C=O) groups is 1. The van der Waals surface area contributed by atoms with Gasteiger partial charge in [-0.1, -0.05) is 12.8 Å². The minimum absolute atomic E-state index is 0.0379. The highest BCUT2D eigenvalue weighted by atomic mass is 19.1. The Labute approximate surface area is 158 Å². The molecule has 1 aromatic carbocycles. The third kappa shape index (κ3) is 2.88. The number of amides is 1. The van der Waals surface area contributed by atoms with Crippen LogP contribution in [0.1, 0.15) is 48.9 Å². The fourth-order valence-electron chi connectivity index (χ4n) is 6.03. The Morgan fingerprint density at radius 3 is 2.85 bits per heavy atom. The second-order valence-corrected chi connectivity index (χ2v) is 8.73. The molecule has 2 bridgehead atoms. The summed E-state index contributed by atoms with van der Waals surface area (Å²) in [7, 11) is 0. The molecule has 1 saturated carbocycles. The van der Waals surface area contributed by atoms with E-state index in [0.29, 0.717) is 18.5 Å². The minimum atomic E-state index is -0.818. The van der Waals surface area contributed by atoms with Gasteiger partial charge in [0.1, 0.15) is 11.6 Å². The molecule has 3 saturated heterocycles. The van der Waals surface area contributed by atoms with Crippen LogP contribution in [-0.4, -0.2) is 48.2 Å². The van der Waals surface area contributed by atoms with E-state index in [1.165, 1.54) is 31.7 Å². The summed E-state index contributed by atoms with van der Waals surface area (Å²) in [5, 5.41) is 2.88. The van der Waals surface area contributed by atoms with Gasteiger partial charge < -0.3 is 10.1 Å². The fourth-order valence-corrected chi connectivity index (χ4v) is 6.03. The van der Waals surface area contributed by atoms with Gasteiger partial charge in [-0.2, -0.15) is 0 Å². The average Bonchev–Trinajstić information content (AvgIpc) is 3.39. The molecule has 27 heavy (non-hydrogen) atoms. The molecule has 1 aliphatic carbocycles. The number of nitrogens with one attached hydrogen (secondary N) is 1. The van der Waals surface area contributed by atoms with Gasteiger partial charge in [0.2, 0.25) is 0 Å². The van der Waals surface area contributed by atoms with E-state index in [9.17, 15) is 13.6 Å². The first-order chi connectivity index (χ1) is 13.1. The van der Waals surface area contributed by atoms with Gasteiger partial charge in [-0.25, -0.2) is 8.78 Å². The number of hydrogen-bond acceptors (Lipinski definition) is 3. The molecule has 4 fully saturated rings. The van der Waals surface area contributed by atoms with Crippen molar-refractivity contribution >= 4 is 5.91 Å². The Balaban J connectivity index is 1.26. The summed E-state index contributed by atoms with van der Waals surface area (Å²) in [5.74, 6) is -1.25. The highest BCUT2D eigenvalue weighted by Crippen LogP contribution is 2.55. The zero-order valence-electron chi connectivity index (χ0n) is 15.4. The molecule has 3 aliphatic heterocycles. The van der Waals surface area contributed by atoms with Crippen LogP contribution in [0.25, 0.3) is 0 Å². The number of hydrogen-bond donors (Lipinski definition) is 1. The summed E-state index contributed by atoms with van der Waals surface area (Å²) in [4.78, 5) is 15.0. The highest BCUT2D eigenvalue weighted by Gasteiger charge is 2.63. The molecular formula is C21H26F2N2O2. The molecule has 0 unspecified atom stereocenters. The van der Waals surface area contributed by atoms with E-state index < -0.39 is 17.5 Å². The predicted molar refractivity (Wildman–Crippen MR) is 96.3 cm³/mol. The molecular weight excluding hydrogens is 350 g/mol. The Morgan fingerprint density at radius 1 is 1.26 bits per heavy atom. The number of carbonyl (C=O) groups excluding carboxylic acids is 1. The summed E-state index contributed by atoms with van der Waals surface area (Å²) in [6.45, 7) is 2.56. The van der Waals surface area contributed by atoms with Crippen molar-refractivity contribution in [1.82, 2.24) is 10.2 Å². The number of halogens is 2. The largest absolute Gasteiger partial charge is 0.370 e. The summed E-state index contributed by atoms with van der Waals surface area (Å²) < 4.78 is 33.4. The summed E-state index contributed by atoms with van der Waals surface area (Å²) in [6.07, 6.45) is 7.58. The van der Waals surface area contributed by atoms with Crippen molar-refractivity contribution in [2.24, 2.45) is 11.8 Å². The van der Waals surface area contributed by atoms with Gasteiger partial charge >= 0.3 is 0 Å². The Hall–Kier alpha value is -1.53. The summed E-state index contributed by atoms with van der Waals surface area (Å²) in [6, 6.07) is 3.76. The SMILES string of the molecule is O=C(NC[C@H]1[C@H]2CN(C3CCCC3)C[C@]23CC[C@H]1O3)c1ccc(F)cc1F. The molecule has 5 rings (SSSR count). The van der Waals surface area contributed by atoms with Crippen molar-refractivity contribution in [1.29, 1.82) is 0 Å². The van der Waals surface area contributed by atoms with Gasteiger partial charge in [-0.3, -0.25) is 9.69 Å². The van der Waals surface area contributed by atoms with E-state index in [0.717, 1.165) is 38.1 Å². The number of likely N-dealkylation sites (tertiary alicyclic amines) is 1. The van der Waals surface area contributed by atoms with Crippen LogP contribution in [0.15, 0.2) is 18.2 Å². The third-order valence-electron chi connectivity index (χ3n) is 7.33. The van der Waals surface area contributed by atoms with Crippen molar-refractivity contribution in [3.05, 3.63) is 35.4 Å². The number of benzene rings is 1. The molecule has 4 aliphatic rings. The van der Waals surface area contributed by atoms with Crippen LogP contribution >= 0.6 is 0 Å². The quantitative estimate of drug-likeness (QED) is 0.878. The topological polar surface area (TPSA) is 41.6 Å². The van der Waals surface area contributed by atoms with Gasteiger partial charge in [0.15, 0.2) is 0 Å². The van der Waals surface area contributed by atoms with Crippen LogP contribution < -0.4 is 5.32 Å². The molecule has 1 aromatic rings. The lowest BCUT2D eigenvalue weighted by molar-refractivity contribution is -0.000874. The standard InChI is InChI=1S/C21H26F2N2O2/c22-13-5-6-15(18(23)9-13)20(26)24-10-16-17-11-25(14-3-1-2-4-14)12-21(17)8-7-19(16)27-21/h5-6,9,14,16-17,19H,1-4,7-8,10-12H2,(H,24,26)/t16-,17+,19+,21+/m0/s1. The monoisotopic (exact) mass is 376 g/mol. The van der Waals surface area contributed by atoms with Crippen LogP contribution in [-0.2, 0) is 4.74 Å². The van der Waals surface area contributed by atoms with Gasteiger partial charge in [0, 0.05) is 43.6 Å². The van der Waals surface area contributed by atoms with Crippen LogP contribution in [0.4, 0.5) is 8.78 Å². The van der Waals surface area contributed by atoms with Gasteiger partial charge in [0.25, 0.3) is 5.91 Å². The molecule has 3 heterocycles. The number of fused-ring (bicyclic) bond motifs is 1. The number of nitrogens with zero attached hydrogens (tertiary/aromatic N) is 1. The van der Waals surface area contributed by atoms with E-state index in [4.69, 9.17) is 4.74 Å². The smallest absolute Gasteiger partial charge is 0.254 e. The molecule has 6 heteroatoms. The first-order valence-electron chi connectivity index (χ1n) is 10.2. The Kier molecular flexibility index (Phi) is 4.24. The first kappa shape index (κ1) is 17.6. The van der Waals surface area contributed by atoms with Crippen molar-refractivity contribution in [2.45, 2.75) is 56.3 Å². The third-order valence-corrected chi connectivity index (χ3v) is 7.33. The molecule has 1 spiro atoms. The zero-order valence-corrected chi connectivity index (χ0v) is 15.4. The fraction of sp³-hybridized carbons (Fsp3) is 0.667. The summed E-state index contributed by atoms with van der Waals surface area (Å²) in [5.41, 5.74) is -0.141.